The van der Waals surface area contributed by atoms with E-state index in [-0.39, 0.29) is 18.3 Å². The van der Waals surface area contributed by atoms with Crippen LogP contribution in [-0.4, -0.2) is 28.2 Å². The SMILES string of the molecule is O=[N+]([O-])c1c(NCc2ccc3c(c2)OCO3)ncnc1N1CCCc2ccccc21. The van der Waals surface area contributed by atoms with Crippen LogP contribution in [0.2, 0.25) is 0 Å². The van der Waals surface area contributed by atoms with Crippen LogP contribution in [0.1, 0.15) is 17.5 Å². The molecule has 0 radical (unpaired) electrons. The highest BCUT2D eigenvalue weighted by molar-refractivity contribution is 5.77. The van der Waals surface area contributed by atoms with E-state index in [0.29, 0.717) is 30.4 Å². The highest BCUT2D eigenvalue weighted by Crippen LogP contribution is 2.39. The molecule has 0 aliphatic carbocycles. The van der Waals surface area contributed by atoms with Gasteiger partial charge in [0.2, 0.25) is 18.4 Å². The Morgan fingerprint density at radius 2 is 2.00 bits per heavy atom. The lowest BCUT2D eigenvalue weighted by Crippen LogP contribution is -2.26. The van der Waals surface area contributed by atoms with Crippen molar-refractivity contribution in [2.75, 3.05) is 23.6 Å². The van der Waals surface area contributed by atoms with Crippen LogP contribution < -0.4 is 19.7 Å². The summed E-state index contributed by atoms with van der Waals surface area (Å²) in [6, 6.07) is 13.5. The summed E-state index contributed by atoms with van der Waals surface area (Å²) in [6.07, 6.45) is 3.21. The first-order valence-corrected chi connectivity index (χ1v) is 9.68. The van der Waals surface area contributed by atoms with Crippen LogP contribution in [0.4, 0.5) is 23.0 Å². The average molecular weight is 405 g/mol. The zero-order chi connectivity index (χ0) is 20.5. The van der Waals surface area contributed by atoms with Crippen LogP contribution >= 0.6 is 0 Å². The molecule has 3 aromatic rings. The van der Waals surface area contributed by atoms with E-state index >= 15 is 0 Å². The number of nitrogens with zero attached hydrogens (tertiary/aromatic N) is 4. The van der Waals surface area contributed by atoms with Gasteiger partial charge in [0.1, 0.15) is 6.33 Å². The van der Waals surface area contributed by atoms with Crippen LogP contribution in [0.15, 0.2) is 48.8 Å². The Bertz CT molecular complexity index is 1120. The molecule has 0 unspecified atom stereocenters. The summed E-state index contributed by atoms with van der Waals surface area (Å²) >= 11 is 0. The minimum Gasteiger partial charge on any atom is -0.454 e. The molecule has 30 heavy (non-hydrogen) atoms. The lowest BCUT2D eigenvalue weighted by Gasteiger charge is -2.30. The van der Waals surface area contributed by atoms with E-state index in [9.17, 15) is 10.1 Å². The second-order valence-electron chi connectivity index (χ2n) is 7.08. The molecule has 0 atom stereocenters. The van der Waals surface area contributed by atoms with Crippen molar-refractivity contribution in [1.82, 2.24) is 9.97 Å². The number of aromatic nitrogens is 2. The van der Waals surface area contributed by atoms with Crippen molar-refractivity contribution in [1.29, 1.82) is 0 Å². The number of anilines is 3. The molecule has 0 saturated carbocycles. The van der Waals surface area contributed by atoms with Crippen LogP contribution in [0.5, 0.6) is 11.5 Å². The van der Waals surface area contributed by atoms with Crippen molar-refractivity contribution in [2.24, 2.45) is 0 Å². The summed E-state index contributed by atoms with van der Waals surface area (Å²) < 4.78 is 10.7. The van der Waals surface area contributed by atoms with Gasteiger partial charge in [0.25, 0.3) is 0 Å². The lowest BCUT2D eigenvalue weighted by atomic mass is 10.0. The number of rotatable bonds is 5. The second kappa shape index (κ2) is 7.51. The molecule has 9 nitrogen and oxygen atoms in total. The first-order valence-electron chi connectivity index (χ1n) is 9.68. The number of aryl methyl sites for hydroxylation is 1. The fraction of sp³-hybridized carbons (Fsp3) is 0.238. The van der Waals surface area contributed by atoms with Crippen molar-refractivity contribution in [3.8, 4) is 11.5 Å². The Morgan fingerprint density at radius 1 is 1.13 bits per heavy atom. The second-order valence-corrected chi connectivity index (χ2v) is 7.08. The van der Waals surface area contributed by atoms with E-state index in [2.05, 4.69) is 15.3 Å². The number of hydrogen-bond donors (Lipinski definition) is 1. The highest BCUT2D eigenvalue weighted by atomic mass is 16.7. The van der Waals surface area contributed by atoms with Gasteiger partial charge in [0, 0.05) is 18.8 Å². The Balaban J connectivity index is 1.46. The molecule has 9 heteroatoms. The molecule has 1 N–H and O–H groups in total. The molecule has 0 amide bonds. The van der Waals surface area contributed by atoms with Gasteiger partial charge in [0.05, 0.1) is 4.92 Å². The maximum absolute atomic E-state index is 12.0. The number of para-hydroxylation sites is 1. The van der Waals surface area contributed by atoms with E-state index in [4.69, 9.17) is 9.47 Å². The van der Waals surface area contributed by atoms with Gasteiger partial charge >= 0.3 is 5.69 Å². The van der Waals surface area contributed by atoms with E-state index in [1.165, 1.54) is 6.33 Å². The monoisotopic (exact) mass is 405 g/mol. The minimum absolute atomic E-state index is 0.130. The molecular formula is C21H19N5O4. The lowest BCUT2D eigenvalue weighted by molar-refractivity contribution is -0.383. The Labute approximate surface area is 172 Å². The average Bonchev–Trinajstić information content (AvgIpc) is 3.25. The molecule has 5 rings (SSSR count). The fourth-order valence-electron chi connectivity index (χ4n) is 3.85. The Hall–Kier alpha value is -3.88. The van der Waals surface area contributed by atoms with E-state index in [0.717, 1.165) is 29.7 Å². The van der Waals surface area contributed by atoms with Crippen molar-refractivity contribution >= 4 is 23.0 Å². The molecule has 3 heterocycles. The molecule has 0 spiro atoms. The van der Waals surface area contributed by atoms with Crippen molar-refractivity contribution in [3.05, 3.63) is 70.0 Å². The van der Waals surface area contributed by atoms with Crippen LogP contribution in [-0.2, 0) is 13.0 Å². The van der Waals surface area contributed by atoms with Crippen LogP contribution in [0.3, 0.4) is 0 Å². The zero-order valence-electron chi connectivity index (χ0n) is 16.1. The van der Waals surface area contributed by atoms with Gasteiger partial charge in [-0.1, -0.05) is 24.3 Å². The Morgan fingerprint density at radius 3 is 2.90 bits per heavy atom. The molecule has 152 valence electrons. The highest BCUT2D eigenvalue weighted by Gasteiger charge is 2.30. The summed E-state index contributed by atoms with van der Waals surface area (Å²) in [5.41, 5.74) is 2.88. The van der Waals surface area contributed by atoms with Crippen molar-refractivity contribution in [3.63, 3.8) is 0 Å². The quantitative estimate of drug-likeness (QED) is 0.505. The largest absolute Gasteiger partial charge is 0.454 e. The minimum atomic E-state index is -0.422. The molecule has 0 fully saturated rings. The summed E-state index contributed by atoms with van der Waals surface area (Å²) in [7, 11) is 0. The standard InChI is InChI=1S/C21H19N5O4/c27-26(28)19-20(22-11-14-7-8-17-18(10-14)30-13-29-17)23-12-24-21(19)25-9-3-5-15-4-1-2-6-16(15)25/h1-2,4,6-8,10,12H,3,5,9,11,13H2,(H,22,23,24). The molecular weight excluding hydrogens is 386 g/mol. The van der Waals surface area contributed by atoms with Crippen molar-refractivity contribution in [2.45, 2.75) is 19.4 Å². The predicted octanol–water partition coefficient (Wildman–Crippen LogP) is 3.81. The summed E-state index contributed by atoms with van der Waals surface area (Å²) in [4.78, 5) is 21.9. The van der Waals surface area contributed by atoms with Gasteiger partial charge in [0.15, 0.2) is 11.5 Å². The first-order chi connectivity index (χ1) is 14.7. The van der Waals surface area contributed by atoms with Crippen molar-refractivity contribution < 1.29 is 14.4 Å². The fourth-order valence-corrected chi connectivity index (χ4v) is 3.85. The topological polar surface area (TPSA) is 103 Å². The Kier molecular flexibility index (Phi) is 4.55. The number of ether oxygens (including phenoxy) is 2. The smallest absolute Gasteiger partial charge is 0.353 e. The first kappa shape index (κ1) is 18.2. The van der Waals surface area contributed by atoms with Crippen LogP contribution in [0.25, 0.3) is 0 Å². The summed E-state index contributed by atoms with van der Waals surface area (Å²) in [5, 5.41) is 15.1. The number of fused-ring (bicyclic) bond motifs is 2. The van der Waals surface area contributed by atoms with Gasteiger partial charge in [-0.25, -0.2) is 9.97 Å². The number of hydrogen-bond acceptors (Lipinski definition) is 8. The third-order valence-corrected chi connectivity index (χ3v) is 5.25. The van der Waals surface area contributed by atoms with Crippen LogP contribution in [0, 0.1) is 10.1 Å². The third-order valence-electron chi connectivity index (χ3n) is 5.25. The number of nitrogens with one attached hydrogen (secondary N) is 1. The summed E-state index contributed by atoms with van der Waals surface area (Å²) in [5.74, 6) is 1.84. The molecule has 2 aliphatic heterocycles. The van der Waals surface area contributed by atoms with Gasteiger partial charge < -0.3 is 19.7 Å². The predicted molar refractivity (Wildman–Crippen MR) is 110 cm³/mol. The van der Waals surface area contributed by atoms with Gasteiger partial charge in [-0.15, -0.1) is 0 Å². The molecule has 0 bridgehead atoms. The van der Waals surface area contributed by atoms with Gasteiger partial charge in [-0.05, 0) is 42.2 Å². The zero-order valence-corrected chi connectivity index (χ0v) is 16.1. The van der Waals surface area contributed by atoms with E-state index in [1.807, 2.05) is 47.4 Å². The molecule has 2 aromatic carbocycles. The molecule has 0 saturated heterocycles. The molecule has 2 aliphatic rings. The number of benzene rings is 2. The maximum atomic E-state index is 12.0. The van der Waals surface area contributed by atoms with Gasteiger partial charge in [-0.3, -0.25) is 10.1 Å². The summed E-state index contributed by atoms with van der Waals surface area (Å²) in [6.45, 7) is 1.21. The maximum Gasteiger partial charge on any atom is 0.353 e. The number of nitro groups is 1. The van der Waals surface area contributed by atoms with E-state index in [1.54, 1.807) is 0 Å². The molecule has 1 aromatic heterocycles. The van der Waals surface area contributed by atoms with Gasteiger partial charge in [-0.2, -0.15) is 0 Å². The normalized spacial score (nSPS) is 14.3. The third kappa shape index (κ3) is 3.24. The van der Waals surface area contributed by atoms with E-state index < -0.39 is 4.92 Å².